The van der Waals surface area contributed by atoms with Crippen LogP contribution in [0.25, 0.3) is 11.1 Å². The van der Waals surface area contributed by atoms with E-state index in [9.17, 15) is 19.1 Å². The summed E-state index contributed by atoms with van der Waals surface area (Å²) in [4.78, 5) is 39.2. The molecule has 13 heteroatoms. The Labute approximate surface area is 290 Å². The average Bonchev–Trinajstić information content (AvgIpc) is 3.08. The van der Waals surface area contributed by atoms with E-state index in [1.165, 1.54) is 23.0 Å². The summed E-state index contributed by atoms with van der Waals surface area (Å²) in [5.74, 6) is 0.241. The molecule has 0 saturated carbocycles. The van der Waals surface area contributed by atoms with Crippen LogP contribution in [0.5, 0.6) is 0 Å². The maximum Gasteiger partial charge on any atom is 0.274 e. The summed E-state index contributed by atoms with van der Waals surface area (Å²) in [7, 11) is 1.64. The van der Waals surface area contributed by atoms with Crippen LogP contribution in [0, 0.1) is 12.7 Å². The fraction of sp³-hybridized carbons (Fsp3) is 0.378. The molecule has 0 unspecified atom stereocenters. The highest BCUT2D eigenvalue weighted by Crippen LogP contribution is 2.32. The first-order valence-corrected chi connectivity index (χ1v) is 16.7. The van der Waals surface area contributed by atoms with Gasteiger partial charge < -0.3 is 24.6 Å². The van der Waals surface area contributed by atoms with Crippen molar-refractivity contribution < 1.29 is 19.0 Å². The number of ether oxygens (including phenoxy) is 1. The van der Waals surface area contributed by atoms with Gasteiger partial charge in [-0.3, -0.25) is 14.5 Å². The number of rotatable bonds is 10. The van der Waals surface area contributed by atoms with Crippen LogP contribution in [-0.2, 0) is 28.6 Å². The van der Waals surface area contributed by atoms with Gasteiger partial charge in [0.25, 0.3) is 5.56 Å². The third-order valence-electron chi connectivity index (χ3n) is 9.40. The van der Waals surface area contributed by atoms with Gasteiger partial charge in [-0.15, -0.1) is 0 Å². The number of piperazine rings is 1. The molecule has 262 valence electrons. The number of hydrogen-bond donors (Lipinski definition) is 2. The number of aryl methyl sites for hydroxylation is 1. The van der Waals surface area contributed by atoms with Crippen molar-refractivity contribution in [2.75, 3.05) is 54.6 Å². The lowest BCUT2D eigenvalue weighted by Crippen LogP contribution is -2.56. The van der Waals surface area contributed by atoms with E-state index < -0.39 is 6.61 Å². The number of carbonyl (C=O) groups excluding carboxylic acids is 1. The SMILES string of the molecule is Cc1c(F)cc(C(C)(C)C)cc1/C=N\N(C=O)c1nccc(-c2cc(Nc3ccc(N4CCN(C5COC5)CC4)cn3)c(=O)n(C)c2)c1CO. The molecule has 2 aliphatic heterocycles. The van der Waals surface area contributed by atoms with Crippen LogP contribution in [0.3, 0.4) is 0 Å². The number of nitrogens with one attached hydrogen (secondary N) is 1. The van der Waals surface area contributed by atoms with Gasteiger partial charge in [0.05, 0.1) is 44.0 Å². The summed E-state index contributed by atoms with van der Waals surface area (Å²) >= 11 is 0. The predicted octanol–water partition coefficient (Wildman–Crippen LogP) is 4.34. The second kappa shape index (κ2) is 14.5. The summed E-state index contributed by atoms with van der Waals surface area (Å²) < 4.78 is 21.6. The average molecular weight is 683 g/mol. The molecular weight excluding hydrogens is 639 g/mol. The second-order valence-corrected chi connectivity index (χ2v) is 13.7. The van der Waals surface area contributed by atoms with E-state index in [1.807, 2.05) is 45.2 Å². The summed E-state index contributed by atoms with van der Waals surface area (Å²) in [6.07, 6.45) is 6.85. The number of benzene rings is 1. The Bertz CT molecular complexity index is 1950. The number of anilines is 4. The van der Waals surface area contributed by atoms with Crippen LogP contribution in [0.15, 0.2) is 64.9 Å². The van der Waals surface area contributed by atoms with Crippen LogP contribution in [0.2, 0.25) is 0 Å². The molecule has 0 aliphatic carbocycles. The molecule has 5 heterocycles. The van der Waals surface area contributed by atoms with Crippen molar-refractivity contribution in [3.8, 4) is 11.1 Å². The van der Waals surface area contributed by atoms with Gasteiger partial charge >= 0.3 is 0 Å². The number of aliphatic hydroxyl groups excluding tert-OH is 1. The molecule has 6 rings (SSSR count). The second-order valence-electron chi connectivity index (χ2n) is 13.7. The lowest BCUT2D eigenvalue weighted by Gasteiger charge is -2.43. The number of carbonyl (C=O) groups is 1. The molecule has 2 fully saturated rings. The number of pyridine rings is 3. The number of amides is 1. The molecule has 2 aliphatic rings. The summed E-state index contributed by atoms with van der Waals surface area (Å²) in [5, 5.41) is 19.0. The van der Waals surface area contributed by atoms with E-state index in [0.29, 0.717) is 46.1 Å². The summed E-state index contributed by atoms with van der Waals surface area (Å²) in [6, 6.07) is 11.1. The Balaban J connectivity index is 1.24. The van der Waals surface area contributed by atoms with Crippen molar-refractivity contribution in [2.45, 2.75) is 45.8 Å². The van der Waals surface area contributed by atoms with Crippen LogP contribution in [0.4, 0.5) is 27.4 Å². The molecule has 50 heavy (non-hydrogen) atoms. The smallest absolute Gasteiger partial charge is 0.274 e. The molecule has 0 atom stereocenters. The minimum Gasteiger partial charge on any atom is -0.392 e. The zero-order valence-corrected chi connectivity index (χ0v) is 29.1. The molecule has 0 radical (unpaired) electrons. The maximum atomic E-state index is 14.8. The quantitative estimate of drug-likeness (QED) is 0.143. The van der Waals surface area contributed by atoms with Crippen molar-refractivity contribution in [3.05, 3.63) is 93.4 Å². The largest absolute Gasteiger partial charge is 0.392 e. The fourth-order valence-corrected chi connectivity index (χ4v) is 6.14. The first-order chi connectivity index (χ1) is 24.0. The third kappa shape index (κ3) is 7.30. The van der Waals surface area contributed by atoms with Gasteiger partial charge in [-0.25, -0.2) is 14.4 Å². The number of hydrogen-bond acceptors (Lipinski definition) is 10. The van der Waals surface area contributed by atoms with E-state index in [-0.39, 0.29) is 28.3 Å². The molecule has 12 nitrogen and oxygen atoms in total. The number of halogens is 1. The van der Waals surface area contributed by atoms with Gasteiger partial charge in [0.2, 0.25) is 6.41 Å². The van der Waals surface area contributed by atoms with Gasteiger partial charge in [-0.1, -0.05) is 20.8 Å². The molecule has 2 saturated heterocycles. The molecule has 1 amide bonds. The molecule has 0 bridgehead atoms. The topological polar surface area (TPSA) is 128 Å². The molecule has 3 aromatic heterocycles. The van der Waals surface area contributed by atoms with E-state index in [0.717, 1.165) is 55.7 Å². The van der Waals surface area contributed by atoms with Crippen molar-refractivity contribution in [1.82, 2.24) is 19.4 Å². The minimum absolute atomic E-state index is 0.101. The molecule has 2 N–H and O–H groups in total. The van der Waals surface area contributed by atoms with Crippen LogP contribution in [0.1, 0.15) is 43.0 Å². The number of hydrazone groups is 1. The minimum atomic E-state index is -0.469. The first kappa shape index (κ1) is 34.9. The normalized spacial score (nSPS) is 15.7. The number of aromatic nitrogens is 3. The number of nitrogens with zero attached hydrogens (tertiary/aromatic N) is 7. The highest BCUT2D eigenvalue weighted by atomic mass is 19.1. The van der Waals surface area contributed by atoms with E-state index in [4.69, 9.17) is 4.74 Å². The highest BCUT2D eigenvalue weighted by Gasteiger charge is 2.29. The van der Waals surface area contributed by atoms with Crippen LogP contribution in [-0.4, -0.2) is 82.6 Å². The Kier molecular flexibility index (Phi) is 10.1. The van der Waals surface area contributed by atoms with E-state index >= 15 is 0 Å². The van der Waals surface area contributed by atoms with E-state index in [1.54, 1.807) is 32.3 Å². The Morgan fingerprint density at radius 2 is 1.88 bits per heavy atom. The van der Waals surface area contributed by atoms with Gasteiger partial charge in [-0.2, -0.15) is 10.1 Å². The number of aliphatic hydroxyl groups is 1. The van der Waals surface area contributed by atoms with Crippen molar-refractivity contribution in [2.24, 2.45) is 12.1 Å². The maximum absolute atomic E-state index is 14.8. The standard InChI is InChI=1S/C37H43FN8O4/c1-24-25(14-27(16-32(24)38)37(2,3)4)17-41-46(23-48)35-31(20-47)30(8-9-39-35)26-15-33(36(49)43(5)19-26)42-34-7-6-28(18-40-34)44-10-12-45(13-11-44)29-21-50-22-29/h6-9,14-19,23,29,47H,10-13,20-22H2,1-5H3,(H,40,42)/b41-17-. The molecule has 1 aromatic carbocycles. The third-order valence-corrected chi connectivity index (χ3v) is 9.40. The Hall–Kier alpha value is -4.98. The lowest BCUT2D eigenvalue weighted by atomic mass is 9.85. The highest BCUT2D eigenvalue weighted by molar-refractivity contribution is 5.87. The Morgan fingerprint density at radius 3 is 2.50 bits per heavy atom. The van der Waals surface area contributed by atoms with Crippen molar-refractivity contribution >= 4 is 35.6 Å². The van der Waals surface area contributed by atoms with Gasteiger partial charge in [-0.05, 0) is 65.4 Å². The predicted molar refractivity (Wildman–Crippen MR) is 193 cm³/mol. The van der Waals surface area contributed by atoms with Crippen molar-refractivity contribution in [1.29, 1.82) is 0 Å². The lowest BCUT2D eigenvalue weighted by molar-refractivity contribution is -0.107. The monoisotopic (exact) mass is 682 g/mol. The van der Waals surface area contributed by atoms with Gasteiger partial charge in [0, 0.05) is 62.3 Å². The van der Waals surface area contributed by atoms with Gasteiger partial charge in [0.15, 0.2) is 5.82 Å². The zero-order valence-electron chi connectivity index (χ0n) is 29.1. The zero-order chi connectivity index (χ0) is 35.6. The Morgan fingerprint density at radius 1 is 1.12 bits per heavy atom. The van der Waals surface area contributed by atoms with Crippen molar-refractivity contribution in [3.63, 3.8) is 0 Å². The summed E-state index contributed by atoms with van der Waals surface area (Å²) in [6.45, 7) is 12.5. The molecular formula is C37H43FN8O4. The van der Waals surface area contributed by atoms with Crippen LogP contribution >= 0.6 is 0 Å². The van der Waals surface area contributed by atoms with E-state index in [2.05, 4.69) is 30.2 Å². The van der Waals surface area contributed by atoms with Gasteiger partial charge in [0.1, 0.15) is 17.3 Å². The van der Waals surface area contributed by atoms with Crippen LogP contribution < -0.4 is 20.8 Å². The molecule has 4 aromatic rings. The summed E-state index contributed by atoms with van der Waals surface area (Å²) in [5.41, 5.74) is 3.89. The molecule has 0 spiro atoms. The fourth-order valence-electron chi connectivity index (χ4n) is 6.14. The first-order valence-electron chi connectivity index (χ1n) is 16.7.